The number of nitrogens with one attached hydrogen (secondary N) is 1. The van der Waals surface area contributed by atoms with Gasteiger partial charge < -0.3 is 5.32 Å². The molecule has 2 aromatic rings. The maximum absolute atomic E-state index is 12.7. The van der Waals surface area contributed by atoms with E-state index < -0.39 is 0 Å². The predicted octanol–water partition coefficient (Wildman–Crippen LogP) is 2.84. The average Bonchev–Trinajstić information content (AvgIpc) is 3.43. The first-order valence-electron chi connectivity index (χ1n) is 7.77. The lowest BCUT2D eigenvalue weighted by molar-refractivity contribution is 0.0790. The molecule has 0 atom stereocenters. The lowest BCUT2D eigenvalue weighted by Gasteiger charge is -2.21. The van der Waals surface area contributed by atoms with Gasteiger partial charge in [0.25, 0.3) is 5.91 Å². The number of rotatable bonds is 5. The zero-order valence-electron chi connectivity index (χ0n) is 12.8. The first-order valence-corrected chi connectivity index (χ1v) is 7.77. The van der Waals surface area contributed by atoms with Gasteiger partial charge in [-0.2, -0.15) is 0 Å². The van der Waals surface area contributed by atoms with Crippen molar-refractivity contribution in [3.05, 3.63) is 66.0 Å². The van der Waals surface area contributed by atoms with Crippen LogP contribution in [0.15, 0.2) is 54.9 Å². The Balaban J connectivity index is 1.76. The van der Waals surface area contributed by atoms with Gasteiger partial charge in [-0.1, -0.05) is 24.3 Å². The predicted molar refractivity (Wildman–Crippen MR) is 86.7 cm³/mol. The lowest BCUT2D eigenvalue weighted by Crippen LogP contribution is -2.44. The summed E-state index contributed by atoms with van der Waals surface area (Å²) in [5, 5.41) is 2.86. The summed E-state index contributed by atoms with van der Waals surface area (Å²) in [7, 11) is 0. The highest BCUT2D eigenvalue weighted by Crippen LogP contribution is 2.27. The Labute approximate surface area is 135 Å². The normalized spacial score (nSPS) is 13.4. The highest BCUT2D eigenvalue weighted by atomic mass is 16.2. The van der Waals surface area contributed by atoms with Crippen LogP contribution < -0.4 is 5.32 Å². The Morgan fingerprint density at radius 2 is 1.91 bits per heavy atom. The molecule has 0 radical (unpaired) electrons. The van der Waals surface area contributed by atoms with Crippen LogP contribution in [0.2, 0.25) is 0 Å². The van der Waals surface area contributed by atoms with Crippen LogP contribution in [-0.2, 0) is 6.54 Å². The number of amides is 3. The zero-order valence-corrected chi connectivity index (χ0v) is 12.8. The van der Waals surface area contributed by atoms with E-state index in [0.717, 1.165) is 18.4 Å². The Bertz CT molecular complexity index is 669. The van der Waals surface area contributed by atoms with Gasteiger partial charge >= 0.3 is 6.03 Å². The molecule has 3 rings (SSSR count). The number of hydrogen-bond acceptors (Lipinski definition) is 3. The molecule has 1 aliphatic rings. The number of imide groups is 1. The van der Waals surface area contributed by atoms with E-state index in [-0.39, 0.29) is 18.5 Å². The molecule has 118 valence electrons. The van der Waals surface area contributed by atoms with Crippen molar-refractivity contribution in [2.45, 2.75) is 19.4 Å². The van der Waals surface area contributed by atoms with E-state index in [4.69, 9.17) is 0 Å². The van der Waals surface area contributed by atoms with Gasteiger partial charge in [0, 0.05) is 24.5 Å². The number of carbonyl (C=O) groups is 2. The maximum Gasteiger partial charge on any atom is 0.324 e. The summed E-state index contributed by atoms with van der Waals surface area (Å²) in [6.45, 7) is 0.836. The second-order valence-corrected chi connectivity index (χ2v) is 5.75. The zero-order chi connectivity index (χ0) is 16.1. The standard InChI is InChI=1S/C18H19N3O2/c22-17(16-6-2-1-3-7-16)21(13-15-5-4-10-19-11-15)18(23)20-12-14-8-9-14/h1-7,10-11,14H,8-9,12-13H2,(H,20,23). The monoisotopic (exact) mass is 309 g/mol. The fraction of sp³-hybridized carbons (Fsp3) is 0.278. The number of pyridine rings is 1. The molecule has 3 amide bonds. The molecule has 1 N–H and O–H groups in total. The smallest absolute Gasteiger partial charge is 0.324 e. The van der Waals surface area contributed by atoms with Crippen molar-refractivity contribution in [3.63, 3.8) is 0 Å². The van der Waals surface area contributed by atoms with Gasteiger partial charge in [-0.25, -0.2) is 4.79 Å². The molecule has 1 fully saturated rings. The molecular weight excluding hydrogens is 290 g/mol. The summed E-state index contributed by atoms with van der Waals surface area (Å²) in [5.74, 6) is 0.258. The molecule has 1 heterocycles. The third kappa shape index (κ3) is 4.16. The number of aromatic nitrogens is 1. The van der Waals surface area contributed by atoms with Crippen molar-refractivity contribution in [2.75, 3.05) is 6.54 Å². The Morgan fingerprint density at radius 1 is 1.13 bits per heavy atom. The number of nitrogens with zero attached hydrogens (tertiary/aromatic N) is 2. The van der Waals surface area contributed by atoms with Crippen LogP contribution in [0.3, 0.4) is 0 Å². The summed E-state index contributed by atoms with van der Waals surface area (Å²) >= 11 is 0. The van der Waals surface area contributed by atoms with Crippen LogP contribution in [0.1, 0.15) is 28.8 Å². The molecule has 0 bridgehead atoms. The van der Waals surface area contributed by atoms with Crippen molar-refractivity contribution < 1.29 is 9.59 Å². The maximum atomic E-state index is 12.7. The molecule has 1 aliphatic carbocycles. The first kappa shape index (κ1) is 15.2. The van der Waals surface area contributed by atoms with E-state index in [1.807, 2.05) is 12.1 Å². The van der Waals surface area contributed by atoms with Crippen LogP contribution in [0.5, 0.6) is 0 Å². The lowest BCUT2D eigenvalue weighted by atomic mass is 10.2. The quantitative estimate of drug-likeness (QED) is 0.924. The molecule has 0 saturated heterocycles. The van der Waals surface area contributed by atoms with Gasteiger partial charge in [-0.3, -0.25) is 14.7 Å². The topological polar surface area (TPSA) is 62.3 Å². The van der Waals surface area contributed by atoms with Gasteiger partial charge in [0.15, 0.2) is 0 Å². The van der Waals surface area contributed by atoms with E-state index >= 15 is 0 Å². The van der Waals surface area contributed by atoms with Crippen molar-refractivity contribution in [3.8, 4) is 0 Å². The summed E-state index contributed by atoms with van der Waals surface area (Å²) in [6, 6.07) is 12.1. The second-order valence-electron chi connectivity index (χ2n) is 5.75. The van der Waals surface area contributed by atoms with Crippen LogP contribution >= 0.6 is 0 Å². The minimum atomic E-state index is -0.352. The fourth-order valence-electron chi connectivity index (χ4n) is 2.30. The molecular formula is C18H19N3O2. The number of hydrogen-bond donors (Lipinski definition) is 1. The Morgan fingerprint density at radius 3 is 2.57 bits per heavy atom. The highest BCUT2D eigenvalue weighted by molar-refractivity contribution is 6.04. The van der Waals surface area contributed by atoms with E-state index in [1.54, 1.807) is 42.7 Å². The highest BCUT2D eigenvalue weighted by Gasteiger charge is 2.26. The van der Waals surface area contributed by atoms with Crippen molar-refractivity contribution in [1.29, 1.82) is 0 Å². The molecule has 23 heavy (non-hydrogen) atoms. The van der Waals surface area contributed by atoms with Crippen molar-refractivity contribution in [1.82, 2.24) is 15.2 Å². The Kier molecular flexibility index (Phi) is 4.66. The molecule has 5 nitrogen and oxygen atoms in total. The van der Waals surface area contributed by atoms with E-state index in [1.165, 1.54) is 4.90 Å². The van der Waals surface area contributed by atoms with Gasteiger partial charge in [0.05, 0.1) is 6.54 Å². The molecule has 1 saturated carbocycles. The van der Waals surface area contributed by atoms with Crippen LogP contribution in [0, 0.1) is 5.92 Å². The molecule has 0 spiro atoms. The molecule has 0 unspecified atom stereocenters. The molecule has 0 aliphatic heterocycles. The van der Waals surface area contributed by atoms with Gasteiger partial charge in [-0.15, -0.1) is 0 Å². The van der Waals surface area contributed by atoms with Gasteiger partial charge in [0.1, 0.15) is 0 Å². The first-order chi connectivity index (χ1) is 11.2. The van der Waals surface area contributed by atoms with E-state index in [0.29, 0.717) is 18.0 Å². The number of urea groups is 1. The van der Waals surface area contributed by atoms with Crippen LogP contribution in [0.4, 0.5) is 4.79 Å². The molecule has 1 aromatic carbocycles. The van der Waals surface area contributed by atoms with Crippen molar-refractivity contribution >= 4 is 11.9 Å². The number of carbonyl (C=O) groups excluding carboxylic acids is 2. The van der Waals surface area contributed by atoms with Crippen molar-refractivity contribution in [2.24, 2.45) is 5.92 Å². The van der Waals surface area contributed by atoms with Crippen LogP contribution in [0.25, 0.3) is 0 Å². The summed E-state index contributed by atoms with van der Waals surface area (Å²) < 4.78 is 0. The number of benzene rings is 1. The Hall–Kier alpha value is -2.69. The van der Waals surface area contributed by atoms with Gasteiger partial charge in [0.2, 0.25) is 0 Å². The van der Waals surface area contributed by atoms with Gasteiger partial charge in [-0.05, 0) is 42.5 Å². The van der Waals surface area contributed by atoms with Crippen LogP contribution in [-0.4, -0.2) is 28.4 Å². The summed E-state index contributed by atoms with van der Waals surface area (Å²) in [6.07, 6.45) is 5.63. The summed E-state index contributed by atoms with van der Waals surface area (Å²) in [5.41, 5.74) is 1.32. The minimum absolute atomic E-state index is 0.206. The van der Waals surface area contributed by atoms with E-state index in [9.17, 15) is 9.59 Å². The fourth-order valence-corrected chi connectivity index (χ4v) is 2.30. The molecule has 5 heteroatoms. The third-order valence-electron chi connectivity index (χ3n) is 3.81. The summed E-state index contributed by atoms with van der Waals surface area (Å²) in [4.78, 5) is 30.5. The minimum Gasteiger partial charge on any atom is -0.337 e. The van der Waals surface area contributed by atoms with E-state index in [2.05, 4.69) is 10.3 Å². The second kappa shape index (κ2) is 7.05. The third-order valence-corrected chi connectivity index (χ3v) is 3.81. The SMILES string of the molecule is O=C(NCC1CC1)N(Cc1cccnc1)C(=O)c1ccccc1. The average molecular weight is 309 g/mol. The largest absolute Gasteiger partial charge is 0.337 e. The molecule has 1 aromatic heterocycles.